The Morgan fingerprint density at radius 3 is 2.34 bits per heavy atom. The number of alkyl carbamates (subject to hydrolysis) is 1. The van der Waals surface area contributed by atoms with E-state index in [1.165, 1.54) is 11.0 Å². The number of aromatic nitrogens is 1. The molecule has 5 rings (SSSR count). The van der Waals surface area contributed by atoms with Gasteiger partial charge < -0.3 is 34.9 Å². The van der Waals surface area contributed by atoms with Gasteiger partial charge in [-0.3, -0.25) is 9.59 Å². The fourth-order valence-corrected chi connectivity index (χ4v) is 6.27. The SMILES string of the molecule is C=C[C@@H]1C[C@]1(NC(=O)C1C[C@@H](Oc2cc(-c3ccccc3)nc3cc(OC)ccc23)CN1C(=O)[C@@H](NC(=O)OC(C)(C)C)C(C)(C)C)C(=O)O. The van der Waals surface area contributed by atoms with Crippen LogP contribution in [0.15, 0.2) is 67.3 Å². The number of hydrogen-bond donors (Lipinski definition) is 3. The van der Waals surface area contributed by atoms with Gasteiger partial charge in [-0.15, -0.1) is 6.58 Å². The Kier molecular flexibility index (Phi) is 9.87. The van der Waals surface area contributed by atoms with Crippen LogP contribution in [0.2, 0.25) is 0 Å². The Morgan fingerprint density at radius 1 is 1.06 bits per heavy atom. The maximum absolute atomic E-state index is 14.4. The highest BCUT2D eigenvalue weighted by molar-refractivity contribution is 5.96. The van der Waals surface area contributed by atoms with E-state index in [0.29, 0.717) is 28.1 Å². The third kappa shape index (κ3) is 7.69. The zero-order chi connectivity index (χ0) is 36.6. The van der Waals surface area contributed by atoms with Crippen LogP contribution >= 0.6 is 0 Å². The monoisotopic (exact) mass is 686 g/mol. The Hall–Kier alpha value is -5.13. The zero-order valence-corrected chi connectivity index (χ0v) is 29.6. The number of carbonyl (C=O) groups is 4. The van der Waals surface area contributed by atoms with E-state index in [2.05, 4.69) is 17.2 Å². The van der Waals surface area contributed by atoms with Gasteiger partial charge in [-0.05, 0) is 44.7 Å². The van der Waals surface area contributed by atoms with Gasteiger partial charge in [0.2, 0.25) is 11.8 Å². The summed E-state index contributed by atoms with van der Waals surface area (Å²) in [6.45, 7) is 14.3. The van der Waals surface area contributed by atoms with E-state index in [1.807, 2.05) is 48.5 Å². The van der Waals surface area contributed by atoms with E-state index in [9.17, 15) is 24.3 Å². The number of nitrogens with one attached hydrogen (secondary N) is 2. The van der Waals surface area contributed by atoms with Crippen LogP contribution in [0.5, 0.6) is 11.5 Å². The van der Waals surface area contributed by atoms with Crippen LogP contribution in [0, 0.1) is 11.3 Å². The molecule has 1 aromatic heterocycles. The number of carboxylic acid groups (broad SMARTS) is 1. The number of hydrogen-bond acceptors (Lipinski definition) is 8. The van der Waals surface area contributed by atoms with Gasteiger partial charge in [0, 0.05) is 35.4 Å². The molecular formula is C38H46N4O8. The highest BCUT2D eigenvalue weighted by Crippen LogP contribution is 2.45. The third-order valence-corrected chi connectivity index (χ3v) is 8.99. The number of carbonyl (C=O) groups excluding carboxylic acids is 3. The molecule has 0 radical (unpaired) electrons. The molecule has 3 aromatic rings. The maximum Gasteiger partial charge on any atom is 0.408 e. The van der Waals surface area contributed by atoms with Crippen molar-refractivity contribution in [3.63, 3.8) is 0 Å². The van der Waals surface area contributed by atoms with Gasteiger partial charge in [-0.25, -0.2) is 14.6 Å². The number of fused-ring (bicyclic) bond motifs is 1. The van der Waals surface area contributed by atoms with E-state index >= 15 is 0 Å². The lowest BCUT2D eigenvalue weighted by Crippen LogP contribution is -2.59. The van der Waals surface area contributed by atoms with Gasteiger partial charge in [0.25, 0.3) is 0 Å². The molecule has 2 fully saturated rings. The molecule has 3 N–H and O–H groups in total. The molecule has 266 valence electrons. The van der Waals surface area contributed by atoms with Crippen molar-refractivity contribution >= 4 is 34.8 Å². The Bertz CT molecular complexity index is 1800. The molecule has 1 aliphatic heterocycles. The number of carboxylic acids is 1. The second-order valence-electron chi connectivity index (χ2n) is 15.0. The van der Waals surface area contributed by atoms with Crippen molar-refractivity contribution in [3.05, 3.63) is 67.3 Å². The predicted molar refractivity (Wildman–Crippen MR) is 188 cm³/mol. The van der Waals surface area contributed by atoms with Crippen molar-refractivity contribution in [2.24, 2.45) is 11.3 Å². The van der Waals surface area contributed by atoms with E-state index < -0.39 is 64.5 Å². The second-order valence-corrected chi connectivity index (χ2v) is 15.0. The highest BCUT2D eigenvalue weighted by Gasteiger charge is 2.61. The summed E-state index contributed by atoms with van der Waals surface area (Å²) < 4.78 is 17.5. The fourth-order valence-electron chi connectivity index (χ4n) is 6.27. The van der Waals surface area contributed by atoms with Gasteiger partial charge in [-0.2, -0.15) is 0 Å². The molecule has 12 heteroatoms. The largest absolute Gasteiger partial charge is 0.497 e. The first-order valence-electron chi connectivity index (χ1n) is 16.6. The van der Waals surface area contributed by atoms with E-state index in [4.69, 9.17) is 19.2 Å². The quantitative estimate of drug-likeness (QED) is 0.240. The normalized spacial score (nSPS) is 22.3. The number of benzene rings is 2. The molecular weight excluding hydrogens is 640 g/mol. The average molecular weight is 687 g/mol. The van der Waals surface area contributed by atoms with Crippen LogP contribution in [0.1, 0.15) is 54.4 Å². The summed E-state index contributed by atoms with van der Waals surface area (Å²) in [5.74, 6) is -1.67. The molecule has 3 amide bonds. The highest BCUT2D eigenvalue weighted by atomic mass is 16.6. The molecule has 2 aliphatic rings. The molecule has 1 saturated heterocycles. The summed E-state index contributed by atoms with van der Waals surface area (Å²) in [5.41, 5.74) is -0.950. The van der Waals surface area contributed by atoms with Crippen LogP contribution in [0.3, 0.4) is 0 Å². The smallest absolute Gasteiger partial charge is 0.408 e. The van der Waals surface area contributed by atoms with Crippen LogP contribution in [0.4, 0.5) is 4.79 Å². The van der Waals surface area contributed by atoms with Crippen molar-refractivity contribution in [3.8, 4) is 22.8 Å². The number of pyridine rings is 1. The van der Waals surface area contributed by atoms with E-state index in [1.54, 1.807) is 54.7 Å². The maximum atomic E-state index is 14.4. The second kappa shape index (κ2) is 13.6. The first kappa shape index (κ1) is 36.2. The van der Waals surface area contributed by atoms with Gasteiger partial charge in [0.15, 0.2) is 0 Å². The molecule has 5 atom stereocenters. The minimum Gasteiger partial charge on any atom is -0.497 e. The summed E-state index contributed by atoms with van der Waals surface area (Å²) >= 11 is 0. The Morgan fingerprint density at radius 2 is 1.76 bits per heavy atom. The predicted octanol–water partition coefficient (Wildman–Crippen LogP) is 5.34. The van der Waals surface area contributed by atoms with Crippen molar-refractivity contribution in [2.75, 3.05) is 13.7 Å². The summed E-state index contributed by atoms with van der Waals surface area (Å²) in [4.78, 5) is 59.8. The zero-order valence-electron chi connectivity index (χ0n) is 29.6. The number of likely N-dealkylation sites (tertiary alicyclic amines) is 1. The van der Waals surface area contributed by atoms with Crippen molar-refractivity contribution in [2.45, 2.75) is 83.7 Å². The molecule has 2 heterocycles. The fraction of sp³-hybridized carbons (Fsp3) is 0.447. The standard InChI is InChI=1S/C38H46N4O8/c1-9-23-20-38(23,34(45)46)41-32(43)29-18-25(21-42(29)33(44)31(36(2,3)4)40-35(47)50-37(5,6)7)49-30-19-27(22-13-11-10-12-14-22)39-28-17-24(48-8)15-16-26(28)30/h9-17,19,23,25,29,31H,1,18,20-21H2,2-8H3,(H,40,47)(H,41,43)(H,45,46)/t23-,25-,29?,31-,38-/m1/s1. The minimum absolute atomic E-state index is 0.00883. The summed E-state index contributed by atoms with van der Waals surface area (Å²) in [6.07, 6.45) is 0.311. The Balaban J connectivity index is 1.51. The lowest BCUT2D eigenvalue weighted by atomic mass is 9.85. The third-order valence-electron chi connectivity index (χ3n) is 8.99. The number of nitrogens with zero attached hydrogens (tertiary/aromatic N) is 2. The summed E-state index contributed by atoms with van der Waals surface area (Å²) in [7, 11) is 1.57. The number of aliphatic carboxylic acids is 1. The number of ether oxygens (including phenoxy) is 3. The molecule has 1 unspecified atom stereocenters. The first-order valence-corrected chi connectivity index (χ1v) is 16.6. The topological polar surface area (TPSA) is 156 Å². The number of methoxy groups -OCH3 is 1. The van der Waals surface area contributed by atoms with Gasteiger partial charge in [0.05, 0.1) is 24.9 Å². The first-order chi connectivity index (χ1) is 23.5. The molecule has 2 aromatic carbocycles. The van der Waals surface area contributed by atoms with Crippen molar-refractivity contribution < 1.29 is 38.5 Å². The molecule has 0 bridgehead atoms. The van der Waals surface area contributed by atoms with E-state index in [0.717, 1.165) is 5.56 Å². The summed E-state index contributed by atoms with van der Waals surface area (Å²) in [5, 5.41) is 16.1. The van der Waals surface area contributed by atoms with Gasteiger partial charge in [0.1, 0.15) is 40.8 Å². The van der Waals surface area contributed by atoms with Crippen LogP contribution in [0.25, 0.3) is 22.2 Å². The summed E-state index contributed by atoms with van der Waals surface area (Å²) in [6, 6.07) is 14.7. The van der Waals surface area contributed by atoms with Crippen molar-refractivity contribution in [1.29, 1.82) is 0 Å². The van der Waals surface area contributed by atoms with E-state index in [-0.39, 0.29) is 19.4 Å². The molecule has 1 saturated carbocycles. The van der Waals surface area contributed by atoms with Crippen LogP contribution in [-0.2, 0) is 19.1 Å². The lowest BCUT2D eigenvalue weighted by molar-refractivity contribution is -0.146. The molecule has 12 nitrogen and oxygen atoms in total. The molecule has 50 heavy (non-hydrogen) atoms. The molecule has 1 aliphatic carbocycles. The Labute approximate surface area is 292 Å². The van der Waals surface area contributed by atoms with Crippen LogP contribution < -0.4 is 20.1 Å². The minimum atomic E-state index is -1.50. The van der Waals surface area contributed by atoms with Crippen molar-refractivity contribution in [1.82, 2.24) is 20.5 Å². The van der Waals surface area contributed by atoms with Gasteiger partial charge >= 0.3 is 12.1 Å². The van der Waals surface area contributed by atoms with Gasteiger partial charge in [-0.1, -0.05) is 57.2 Å². The number of rotatable bonds is 10. The van der Waals surface area contributed by atoms with Crippen LogP contribution in [-0.4, -0.2) is 81.8 Å². The average Bonchev–Trinajstić information content (AvgIpc) is 3.61. The number of amides is 3. The molecule has 0 spiro atoms. The lowest BCUT2D eigenvalue weighted by Gasteiger charge is -2.35.